The largest absolute Gasteiger partial charge is 0.481 e. The summed E-state index contributed by atoms with van der Waals surface area (Å²) in [4.78, 5) is 37.9. The van der Waals surface area contributed by atoms with E-state index >= 15 is 0 Å². The highest BCUT2D eigenvalue weighted by atomic mass is 32.1. The number of carbonyl (C=O) groups excluding carboxylic acids is 1. The molecule has 1 aromatic carbocycles. The fraction of sp³-hybridized carbons (Fsp3) is 0.435. The molecule has 0 unspecified atom stereocenters. The third-order valence-electron chi connectivity index (χ3n) is 5.94. The van der Waals surface area contributed by atoms with Crippen LogP contribution in [0.25, 0.3) is 11.3 Å². The van der Waals surface area contributed by atoms with Crippen LogP contribution in [0.3, 0.4) is 0 Å². The van der Waals surface area contributed by atoms with Crippen LogP contribution in [0.1, 0.15) is 49.8 Å². The van der Waals surface area contributed by atoms with E-state index in [9.17, 15) is 24.0 Å². The van der Waals surface area contributed by atoms with Crippen LogP contribution >= 0.6 is 11.3 Å². The lowest BCUT2D eigenvalue weighted by molar-refractivity contribution is -0.142. The molecule has 0 aliphatic heterocycles. The van der Waals surface area contributed by atoms with E-state index in [2.05, 4.69) is 10.3 Å². The molecule has 2 fully saturated rings. The summed E-state index contributed by atoms with van der Waals surface area (Å²) in [5.41, 5.74) is 0.387. The molecule has 3 N–H and O–H groups in total. The van der Waals surface area contributed by atoms with Crippen molar-refractivity contribution in [1.29, 1.82) is 5.26 Å². The number of aliphatic carboxylic acids is 2. The number of halogens is 1. The molecular weight excluding hydrogens is 449 g/mol. The Hall–Kier alpha value is -3.32. The summed E-state index contributed by atoms with van der Waals surface area (Å²) in [7, 11) is 0. The average molecular weight is 474 g/mol. The van der Waals surface area contributed by atoms with Crippen molar-refractivity contribution < 1.29 is 29.0 Å². The fourth-order valence-electron chi connectivity index (χ4n) is 4.11. The number of carboxylic acids is 2. The van der Waals surface area contributed by atoms with Crippen LogP contribution in [-0.2, 0) is 14.4 Å². The van der Waals surface area contributed by atoms with Gasteiger partial charge in [0.25, 0.3) is 0 Å². The van der Waals surface area contributed by atoms with Gasteiger partial charge in [0.15, 0.2) is 5.13 Å². The van der Waals surface area contributed by atoms with Crippen LogP contribution in [-0.4, -0.2) is 33.0 Å². The average Bonchev–Trinajstić information content (AvgIpc) is 3.54. The molecule has 10 heteroatoms. The molecule has 1 aromatic heterocycles. The van der Waals surface area contributed by atoms with Gasteiger partial charge >= 0.3 is 11.9 Å². The molecular formula is C23H24FN3O5S. The number of aromatic nitrogens is 1. The number of nitrogens with zero attached hydrogens (tertiary/aromatic N) is 2. The highest BCUT2D eigenvalue weighted by molar-refractivity contribution is 7.16. The summed E-state index contributed by atoms with van der Waals surface area (Å²) < 4.78 is 13.9. The molecule has 0 saturated heterocycles. The van der Waals surface area contributed by atoms with Crippen LogP contribution in [0.2, 0.25) is 0 Å². The van der Waals surface area contributed by atoms with Crippen LogP contribution in [0.15, 0.2) is 24.3 Å². The van der Waals surface area contributed by atoms with Crippen molar-refractivity contribution in [3.05, 3.63) is 35.0 Å². The van der Waals surface area contributed by atoms with E-state index in [1.807, 2.05) is 6.07 Å². The van der Waals surface area contributed by atoms with Gasteiger partial charge in [-0.1, -0.05) is 36.3 Å². The minimum absolute atomic E-state index is 0.0185. The van der Waals surface area contributed by atoms with E-state index in [-0.39, 0.29) is 39.5 Å². The van der Waals surface area contributed by atoms with Crippen molar-refractivity contribution in [2.75, 3.05) is 5.32 Å². The minimum atomic E-state index is -0.891. The SMILES string of the molecule is N#Cc1sc(NC(=O)[C@H]2CC[C@H](C(=O)O)C2)nc1-c1ccccc1F.O=C(O)C1CCCC1. The Labute approximate surface area is 194 Å². The number of carboxylic acid groups (broad SMARTS) is 2. The lowest BCUT2D eigenvalue weighted by Crippen LogP contribution is -2.21. The molecule has 1 heterocycles. The molecule has 8 nitrogen and oxygen atoms in total. The Kier molecular flexibility index (Phi) is 8.11. The van der Waals surface area contributed by atoms with Gasteiger partial charge in [0.2, 0.25) is 5.91 Å². The first kappa shape index (κ1) is 24.3. The summed E-state index contributed by atoms with van der Waals surface area (Å²) in [6.07, 6.45) is 5.27. The molecule has 33 heavy (non-hydrogen) atoms. The molecule has 174 valence electrons. The monoisotopic (exact) mass is 473 g/mol. The zero-order valence-electron chi connectivity index (χ0n) is 17.8. The Morgan fingerprint density at radius 3 is 2.21 bits per heavy atom. The lowest BCUT2D eigenvalue weighted by atomic mass is 10.0. The number of amides is 1. The number of hydrogen-bond acceptors (Lipinski definition) is 6. The highest BCUT2D eigenvalue weighted by Crippen LogP contribution is 2.35. The van der Waals surface area contributed by atoms with Crippen LogP contribution < -0.4 is 5.32 Å². The van der Waals surface area contributed by atoms with Crippen molar-refractivity contribution in [2.24, 2.45) is 17.8 Å². The number of benzene rings is 1. The number of nitriles is 1. The second-order valence-electron chi connectivity index (χ2n) is 8.14. The zero-order chi connectivity index (χ0) is 24.0. The quantitative estimate of drug-likeness (QED) is 0.580. The van der Waals surface area contributed by atoms with Gasteiger partial charge in [0, 0.05) is 11.5 Å². The second-order valence-corrected chi connectivity index (χ2v) is 9.14. The predicted octanol–water partition coefficient (Wildman–Crippen LogP) is 4.52. The third-order valence-corrected chi connectivity index (χ3v) is 6.82. The first-order chi connectivity index (χ1) is 15.8. The maximum atomic E-state index is 13.9. The number of carbonyl (C=O) groups is 3. The minimum Gasteiger partial charge on any atom is -0.481 e. The molecule has 2 atom stereocenters. The van der Waals surface area contributed by atoms with Crippen LogP contribution in [0.4, 0.5) is 9.52 Å². The number of thiazole rings is 1. The van der Waals surface area contributed by atoms with Gasteiger partial charge in [-0.25, -0.2) is 9.37 Å². The molecule has 2 saturated carbocycles. The highest BCUT2D eigenvalue weighted by Gasteiger charge is 2.34. The molecule has 2 aromatic rings. The standard InChI is InChI=1S/C17H14FN3O3S.C6H10O2/c18-12-4-2-1-3-11(12)14-13(8-19)25-17(20-14)21-15(22)9-5-6-10(7-9)16(23)24;7-6(8)5-3-1-2-4-5/h1-4,9-10H,5-7H2,(H,23,24)(H,20,21,22);5H,1-4H2,(H,7,8)/t9-,10-;/m0./s1. The van der Waals surface area contributed by atoms with E-state index in [0.29, 0.717) is 12.8 Å². The normalized spacial score (nSPS) is 19.9. The molecule has 1 amide bonds. The lowest BCUT2D eigenvalue weighted by Gasteiger charge is -2.08. The summed E-state index contributed by atoms with van der Waals surface area (Å²) in [6, 6.07) is 7.94. The summed E-state index contributed by atoms with van der Waals surface area (Å²) in [5, 5.41) is 29.5. The molecule has 2 aliphatic rings. The van der Waals surface area contributed by atoms with Crippen molar-refractivity contribution in [1.82, 2.24) is 4.98 Å². The third kappa shape index (κ3) is 6.14. The Morgan fingerprint density at radius 2 is 1.67 bits per heavy atom. The summed E-state index contributed by atoms with van der Waals surface area (Å²) >= 11 is 0.970. The summed E-state index contributed by atoms with van der Waals surface area (Å²) in [6.45, 7) is 0. The van der Waals surface area contributed by atoms with Gasteiger partial charge in [-0.2, -0.15) is 5.26 Å². The van der Waals surface area contributed by atoms with Gasteiger partial charge in [-0.3, -0.25) is 14.4 Å². The van der Waals surface area contributed by atoms with Crippen molar-refractivity contribution in [3.63, 3.8) is 0 Å². The van der Waals surface area contributed by atoms with Gasteiger partial charge in [-0.15, -0.1) is 0 Å². The predicted molar refractivity (Wildman–Crippen MR) is 119 cm³/mol. The Morgan fingerprint density at radius 1 is 1.03 bits per heavy atom. The van der Waals surface area contributed by atoms with Gasteiger partial charge in [-0.05, 0) is 44.2 Å². The van der Waals surface area contributed by atoms with Crippen molar-refractivity contribution >= 4 is 34.3 Å². The maximum absolute atomic E-state index is 13.9. The van der Waals surface area contributed by atoms with Gasteiger partial charge < -0.3 is 15.5 Å². The zero-order valence-corrected chi connectivity index (χ0v) is 18.6. The molecule has 0 spiro atoms. The van der Waals surface area contributed by atoms with Gasteiger partial charge in [0.1, 0.15) is 22.5 Å². The first-order valence-corrected chi connectivity index (χ1v) is 11.5. The van der Waals surface area contributed by atoms with E-state index in [0.717, 1.165) is 37.0 Å². The molecule has 0 bridgehead atoms. The van der Waals surface area contributed by atoms with E-state index in [1.54, 1.807) is 12.1 Å². The first-order valence-electron chi connectivity index (χ1n) is 10.7. The van der Waals surface area contributed by atoms with Crippen molar-refractivity contribution in [3.8, 4) is 17.3 Å². The number of nitrogens with one attached hydrogen (secondary N) is 1. The topological polar surface area (TPSA) is 140 Å². The number of anilines is 1. The maximum Gasteiger partial charge on any atom is 0.306 e. The number of hydrogen-bond donors (Lipinski definition) is 3. The smallest absolute Gasteiger partial charge is 0.306 e. The molecule has 0 radical (unpaired) electrons. The number of rotatable bonds is 5. The van der Waals surface area contributed by atoms with Gasteiger partial charge in [0.05, 0.1) is 11.8 Å². The Balaban J connectivity index is 0.000000323. The van der Waals surface area contributed by atoms with Crippen LogP contribution in [0.5, 0.6) is 0 Å². The van der Waals surface area contributed by atoms with E-state index < -0.39 is 29.6 Å². The molecule has 2 aliphatic carbocycles. The summed E-state index contributed by atoms with van der Waals surface area (Å²) in [5.74, 6) is -3.23. The fourth-order valence-corrected chi connectivity index (χ4v) is 4.89. The molecule has 4 rings (SSSR count). The van der Waals surface area contributed by atoms with E-state index in [1.165, 1.54) is 12.1 Å². The second kappa shape index (κ2) is 11.0. The van der Waals surface area contributed by atoms with Crippen LogP contribution in [0, 0.1) is 34.9 Å². The Bertz CT molecular complexity index is 1070. The van der Waals surface area contributed by atoms with E-state index in [4.69, 9.17) is 10.2 Å². The van der Waals surface area contributed by atoms with Crippen molar-refractivity contribution in [2.45, 2.75) is 44.9 Å².